The summed E-state index contributed by atoms with van der Waals surface area (Å²) in [5.74, 6) is 0.729. The number of rotatable bonds is 9. The molecule has 0 aliphatic carbocycles. The van der Waals surface area contributed by atoms with Crippen LogP contribution < -0.4 is 15.8 Å². The SMILES string of the molecule is COCCOc1ccc([C@H](C)NCC[C@H](N)C(F)(F)F)cc1. The molecule has 0 radical (unpaired) electrons. The molecule has 0 heterocycles. The van der Waals surface area contributed by atoms with E-state index in [0.29, 0.717) is 13.2 Å². The van der Waals surface area contributed by atoms with Gasteiger partial charge in [0.05, 0.1) is 6.61 Å². The summed E-state index contributed by atoms with van der Waals surface area (Å²) in [4.78, 5) is 0. The second kappa shape index (κ2) is 8.97. The van der Waals surface area contributed by atoms with Gasteiger partial charge in [0.25, 0.3) is 0 Å². The third kappa shape index (κ3) is 6.64. The van der Waals surface area contributed by atoms with Gasteiger partial charge in [-0.05, 0) is 37.6 Å². The number of nitrogens with one attached hydrogen (secondary N) is 1. The van der Waals surface area contributed by atoms with Gasteiger partial charge in [0, 0.05) is 13.2 Å². The van der Waals surface area contributed by atoms with Gasteiger partial charge in [0.2, 0.25) is 0 Å². The van der Waals surface area contributed by atoms with Crippen molar-refractivity contribution < 1.29 is 22.6 Å². The summed E-state index contributed by atoms with van der Waals surface area (Å²) in [6, 6.07) is 5.56. The lowest BCUT2D eigenvalue weighted by molar-refractivity contribution is -0.148. The van der Waals surface area contributed by atoms with Crippen molar-refractivity contribution in [3.8, 4) is 5.75 Å². The zero-order valence-electron chi connectivity index (χ0n) is 12.8. The fourth-order valence-corrected chi connectivity index (χ4v) is 1.83. The van der Waals surface area contributed by atoms with Gasteiger partial charge in [0.15, 0.2) is 0 Å². The molecule has 22 heavy (non-hydrogen) atoms. The minimum absolute atomic E-state index is 0.0616. The molecule has 1 rings (SSSR count). The summed E-state index contributed by atoms with van der Waals surface area (Å²) >= 11 is 0. The second-order valence-electron chi connectivity index (χ2n) is 5.02. The molecular weight excluding hydrogens is 297 g/mol. The molecule has 0 saturated carbocycles. The minimum Gasteiger partial charge on any atom is -0.491 e. The Morgan fingerprint density at radius 3 is 2.36 bits per heavy atom. The topological polar surface area (TPSA) is 56.5 Å². The van der Waals surface area contributed by atoms with Gasteiger partial charge in [-0.15, -0.1) is 0 Å². The van der Waals surface area contributed by atoms with Gasteiger partial charge < -0.3 is 20.5 Å². The molecule has 2 atom stereocenters. The first-order valence-electron chi connectivity index (χ1n) is 7.12. The number of halogens is 3. The number of ether oxygens (including phenoxy) is 2. The third-order valence-electron chi connectivity index (χ3n) is 3.26. The smallest absolute Gasteiger partial charge is 0.403 e. The molecule has 0 aliphatic rings. The molecule has 1 aromatic rings. The Morgan fingerprint density at radius 2 is 1.82 bits per heavy atom. The Kier molecular flexibility index (Phi) is 7.64. The van der Waals surface area contributed by atoms with Crippen molar-refractivity contribution in [3.63, 3.8) is 0 Å². The summed E-state index contributed by atoms with van der Waals surface area (Å²) in [6.07, 6.45) is -4.49. The van der Waals surface area contributed by atoms with Crippen molar-refractivity contribution in [1.82, 2.24) is 5.32 Å². The first-order valence-corrected chi connectivity index (χ1v) is 7.12. The van der Waals surface area contributed by atoms with Crippen LogP contribution in [-0.2, 0) is 4.74 Å². The minimum atomic E-state index is -4.34. The molecule has 3 N–H and O–H groups in total. The van der Waals surface area contributed by atoms with Gasteiger partial charge in [-0.1, -0.05) is 12.1 Å². The molecule has 0 aliphatic heterocycles. The zero-order valence-corrected chi connectivity index (χ0v) is 12.8. The van der Waals surface area contributed by atoms with Crippen LogP contribution in [-0.4, -0.2) is 39.1 Å². The van der Waals surface area contributed by atoms with Crippen LogP contribution in [0.4, 0.5) is 13.2 Å². The lowest BCUT2D eigenvalue weighted by atomic mass is 10.1. The fourth-order valence-electron chi connectivity index (χ4n) is 1.83. The van der Waals surface area contributed by atoms with E-state index in [2.05, 4.69) is 5.32 Å². The van der Waals surface area contributed by atoms with Crippen molar-refractivity contribution in [3.05, 3.63) is 29.8 Å². The van der Waals surface area contributed by atoms with E-state index in [1.807, 2.05) is 31.2 Å². The van der Waals surface area contributed by atoms with E-state index in [9.17, 15) is 13.2 Å². The molecule has 0 aromatic heterocycles. The van der Waals surface area contributed by atoms with E-state index in [-0.39, 0.29) is 19.0 Å². The van der Waals surface area contributed by atoms with E-state index in [0.717, 1.165) is 11.3 Å². The average Bonchev–Trinajstić information content (AvgIpc) is 2.47. The maximum Gasteiger partial charge on any atom is 0.403 e. The average molecular weight is 320 g/mol. The largest absolute Gasteiger partial charge is 0.491 e. The molecular formula is C15H23F3N2O2. The van der Waals surface area contributed by atoms with Crippen LogP contribution in [0, 0.1) is 0 Å². The van der Waals surface area contributed by atoms with Crippen molar-refractivity contribution >= 4 is 0 Å². The highest BCUT2D eigenvalue weighted by Crippen LogP contribution is 2.21. The highest BCUT2D eigenvalue weighted by Gasteiger charge is 2.35. The maximum absolute atomic E-state index is 12.3. The Labute approximate surface area is 128 Å². The summed E-state index contributed by atoms with van der Waals surface area (Å²) in [6.45, 7) is 3.08. The van der Waals surface area contributed by atoms with Crippen LogP contribution in [0.25, 0.3) is 0 Å². The molecule has 0 saturated heterocycles. The predicted molar refractivity (Wildman–Crippen MR) is 78.9 cm³/mol. The Bertz CT molecular complexity index is 424. The van der Waals surface area contributed by atoms with Crippen LogP contribution in [0.2, 0.25) is 0 Å². The Hall–Kier alpha value is -1.31. The number of hydrogen-bond donors (Lipinski definition) is 2. The lowest BCUT2D eigenvalue weighted by Crippen LogP contribution is -2.39. The first-order chi connectivity index (χ1) is 10.3. The summed E-state index contributed by atoms with van der Waals surface area (Å²) in [5, 5.41) is 3.03. The highest BCUT2D eigenvalue weighted by molar-refractivity contribution is 5.28. The number of alkyl halides is 3. The van der Waals surface area contributed by atoms with Crippen molar-refractivity contribution in [2.75, 3.05) is 26.9 Å². The zero-order chi connectivity index (χ0) is 16.6. The molecule has 0 bridgehead atoms. The normalized spacial score (nSPS) is 14.6. The monoisotopic (exact) mass is 320 g/mol. The van der Waals surface area contributed by atoms with E-state index in [1.54, 1.807) is 7.11 Å². The second-order valence-corrected chi connectivity index (χ2v) is 5.02. The molecule has 7 heteroatoms. The summed E-state index contributed by atoms with van der Waals surface area (Å²) < 4.78 is 47.2. The number of benzene rings is 1. The molecule has 0 unspecified atom stereocenters. The molecule has 4 nitrogen and oxygen atoms in total. The van der Waals surface area contributed by atoms with Crippen LogP contribution in [0.1, 0.15) is 24.9 Å². The van der Waals surface area contributed by atoms with E-state index in [1.165, 1.54) is 0 Å². The van der Waals surface area contributed by atoms with E-state index >= 15 is 0 Å². The maximum atomic E-state index is 12.3. The van der Waals surface area contributed by atoms with Crippen LogP contribution in [0.15, 0.2) is 24.3 Å². The molecule has 0 fully saturated rings. The van der Waals surface area contributed by atoms with Crippen molar-refractivity contribution in [2.24, 2.45) is 5.73 Å². The van der Waals surface area contributed by atoms with E-state index < -0.39 is 12.2 Å². The van der Waals surface area contributed by atoms with Crippen LogP contribution in [0.3, 0.4) is 0 Å². The molecule has 0 spiro atoms. The third-order valence-corrected chi connectivity index (χ3v) is 3.26. The molecule has 1 aromatic carbocycles. The lowest BCUT2D eigenvalue weighted by Gasteiger charge is -2.18. The number of methoxy groups -OCH3 is 1. The van der Waals surface area contributed by atoms with Gasteiger partial charge in [-0.2, -0.15) is 13.2 Å². The quantitative estimate of drug-likeness (QED) is 0.687. The Balaban J connectivity index is 2.37. The van der Waals surface area contributed by atoms with Crippen molar-refractivity contribution in [1.29, 1.82) is 0 Å². The Morgan fingerprint density at radius 1 is 1.18 bits per heavy atom. The molecule has 126 valence electrons. The van der Waals surface area contributed by atoms with E-state index in [4.69, 9.17) is 15.2 Å². The highest BCUT2D eigenvalue weighted by atomic mass is 19.4. The van der Waals surface area contributed by atoms with Gasteiger partial charge >= 0.3 is 6.18 Å². The summed E-state index contributed by atoms with van der Waals surface area (Å²) in [5.41, 5.74) is 6.03. The van der Waals surface area contributed by atoms with Crippen molar-refractivity contribution in [2.45, 2.75) is 31.6 Å². The van der Waals surface area contributed by atoms with Gasteiger partial charge in [0.1, 0.15) is 18.4 Å². The van der Waals surface area contributed by atoms with Crippen LogP contribution in [0.5, 0.6) is 5.75 Å². The first kappa shape index (κ1) is 18.7. The van der Waals surface area contributed by atoms with Gasteiger partial charge in [-0.3, -0.25) is 0 Å². The number of hydrogen-bond acceptors (Lipinski definition) is 4. The standard InChI is InChI=1S/C15H23F3N2O2/c1-11(20-8-7-14(19)15(16,17)18)12-3-5-13(6-4-12)22-10-9-21-2/h3-6,11,14,20H,7-10,19H2,1-2H3/t11-,14-/m0/s1. The molecule has 0 amide bonds. The van der Waals surface area contributed by atoms with Gasteiger partial charge in [-0.25, -0.2) is 0 Å². The number of nitrogens with two attached hydrogens (primary N) is 1. The van der Waals surface area contributed by atoms with Crippen LogP contribution >= 0.6 is 0 Å². The summed E-state index contributed by atoms with van der Waals surface area (Å²) in [7, 11) is 1.60. The predicted octanol–water partition coefficient (Wildman–Crippen LogP) is 2.64. The fraction of sp³-hybridized carbons (Fsp3) is 0.600.